The van der Waals surface area contributed by atoms with E-state index in [2.05, 4.69) is 18.2 Å². The van der Waals surface area contributed by atoms with E-state index in [0.717, 1.165) is 24.9 Å². The first-order valence-corrected chi connectivity index (χ1v) is 8.49. The normalized spacial score (nSPS) is 14.2. The Morgan fingerprint density at radius 2 is 1.84 bits per heavy atom. The minimum atomic E-state index is -1.06. The lowest BCUT2D eigenvalue weighted by Gasteiger charge is -2.21. The quantitative estimate of drug-likeness (QED) is 0.845. The summed E-state index contributed by atoms with van der Waals surface area (Å²) < 4.78 is 0. The molecule has 2 aromatic rings. The number of aliphatic carboxylic acids is 1. The van der Waals surface area contributed by atoms with Crippen molar-refractivity contribution in [3.63, 3.8) is 0 Å². The van der Waals surface area contributed by atoms with Gasteiger partial charge in [-0.15, -0.1) is 0 Å². The van der Waals surface area contributed by atoms with Crippen molar-refractivity contribution in [2.45, 2.75) is 31.7 Å². The Bertz CT molecular complexity index is 774. The molecule has 3 rings (SSSR count). The van der Waals surface area contributed by atoms with E-state index in [4.69, 9.17) is 10.8 Å². The minimum Gasteiger partial charge on any atom is -0.481 e. The van der Waals surface area contributed by atoms with Gasteiger partial charge in [0.2, 0.25) is 5.91 Å². The van der Waals surface area contributed by atoms with Crippen LogP contribution in [0.2, 0.25) is 0 Å². The molecule has 0 unspecified atom stereocenters. The monoisotopic (exact) mass is 338 g/mol. The number of benzene rings is 2. The average molecular weight is 338 g/mol. The molecule has 0 spiro atoms. The Morgan fingerprint density at radius 3 is 2.56 bits per heavy atom. The fraction of sp³-hybridized carbons (Fsp3) is 0.300. The van der Waals surface area contributed by atoms with Gasteiger partial charge in [-0.05, 0) is 42.0 Å². The number of aryl methyl sites for hydroxylation is 2. The predicted molar refractivity (Wildman–Crippen MR) is 96.6 cm³/mol. The highest BCUT2D eigenvalue weighted by Gasteiger charge is 2.30. The Morgan fingerprint density at radius 1 is 1.08 bits per heavy atom. The number of rotatable bonds is 6. The highest BCUT2D eigenvalue weighted by atomic mass is 16.4. The van der Waals surface area contributed by atoms with Crippen molar-refractivity contribution >= 4 is 17.6 Å². The number of nitrogens with zero attached hydrogens (tertiary/aromatic N) is 1. The topological polar surface area (TPSA) is 83.6 Å². The maximum Gasteiger partial charge on any atom is 0.305 e. The Hall–Kier alpha value is -2.66. The maximum absolute atomic E-state index is 12.5. The smallest absolute Gasteiger partial charge is 0.305 e. The van der Waals surface area contributed by atoms with Crippen LogP contribution in [0.5, 0.6) is 0 Å². The van der Waals surface area contributed by atoms with Gasteiger partial charge in [-0.25, -0.2) is 0 Å². The van der Waals surface area contributed by atoms with Crippen molar-refractivity contribution < 1.29 is 14.7 Å². The number of carbonyl (C=O) groups excluding carboxylic acids is 1. The number of carboxylic acid groups (broad SMARTS) is 1. The van der Waals surface area contributed by atoms with Crippen LogP contribution in [0.3, 0.4) is 0 Å². The molecule has 3 N–H and O–H groups in total. The van der Waals surface area contributed by atoms with Gasteiger partial charge in [0.1, 0.15) is 0 Å². The minimum absolute atomic E-state index is 0.318. The second kappa shape index (κ2) is 7.49. The van der Waals surface area contributed by atoms with Crippen molar-refractivity contribution in [3.05, 3.63) is 65.2 Å². The number of carboxylic acids is 1. The third-order valence-electron chi connectivity index (χ3n) is 4.63. The molecule has 25 heavy (non-hydrogen) atoms. The van der Waals surface area contributed by atoms with Gasteiger partial charge in [0.15, 0.2) is 0 Å². The van der Waals surface area contributed by atoms with Crippen LogP contribution < -0.4 is 10.6 Å². The Kier molecular flexibility index (Phi) is 5.14. The zero-order chi connectivity index (χ0) is 17.8. The van der Waals surface area contributed by atoms with Gasteiger partial charge in [0.05, 0.1) is 12.5 Å². The van der Waals surface area contributed by atoms with E-state index in [9.17, 15) is 9.59 Å². The third kappa shape index (κ3) is 3.88. The van der Waals surface area contributed by atoms with Crippen molar-refractivity contribution in [3.8, 4) is 0 Å². The molecule has 1 aliphatic heterocycles. The molecular formula is C20H22N2O3. The number of anilines is 1. The van der Waals surface area contributed by atoms with Crippen molar-refractivity contribution in [1.82, 2.24) is 0 Å². The molecule has 1 amide bonds. The van der Waals surface area contributed by atoms with Crippen LogP contribution in [0.25, 0.3) is 0 Å². The Balaban J connectivity index is 1.75. The van der Waals surface area contributed by atoms with Gasteiger partial charge in [-0.1, -0.05) is 42.5 Å². The van der Waals surface area contributed by atoms with Gasteiger partial charge in [-0.3, -0.25) is 9.59 Å². The maximum atomic E-state index is 12.5. The molecule has 0 aliphatic carbocycles. The van der Waals surface area contributed by atoms with Crippen LogP contribution >= 0.6 is 0 Å². The molecular weight excluding hydrogens is 316 g/mol. The summed E-state index contributed by atoms with van der Waals surface area (Å²) in [6.45, 7) is 0.559. The lowest BCUT2D eigenvalue weighted by Crippen LogP contribution is -2.44. The molecule has 5 nitrogen and oxygen atoms in total. The van der Waals surface area contributed by atoms with E-state index in [-0.39, 0.29) is 12.3 Å². The van der Waals surface area contributed by atoms with E-state index >= 15 is 0 Å². The molecule has 1 heterocycles. The summed E-state index contributed by atoms with van der Waals surface area (Å²) in [5, 5.41) is 8.84. The lowest BCUT2D eigenvalue weighted by molar-refractivity contribution is -0.139. The second-order valence-corrected chi connectivity index (χ2v) is 6.34. The van der Waals surface area contributed by atoms with Gasteiger partial charge in [0, 0.05) is 12.2 Å². The first kappa shape index (κ1) is 17.2. The van der Waals surface area contributed by atoms with Gasteiger partial charge in [0.25, 0.3) is 0 Å². The van der Waals surface area contributed by atoms with Crippen LogP contribution in [-0.2, 0) is 28.9 Å². The zero-order valence-electron chi connectivity index (χ0n) is 14.0. The van der Waals surface area contributed by atoms with Crippen LogP contribution in [-0.4, -0.2) is 29.6 Å². The highest BCUT2D eigenvalue weighted by Crippen LogP contribution is 2.32. The van der Waals surface area contributed by atoms with Crippen molar-refractivity contribution in [1.29, 1.82) is 0 Å². The van der Waals surface area contributed by atoms with E-state index in [1.165, 1.54) is 16.7 Å². The molecule has 0 bridgehead atoms. The van der Waals surface area contributed by atoms with E-state index in [1.807, 2.05) is 30.3 Å². The number of amides is 1. The first-order chi connectivity index (χ1) is 12.1. The molecule has 0 radical (unpaired) electrons. The molecule has 1 aliphatic rings. The number of carbonyl (C=O) groups is 2. The largest absolute Gasteiger partial charge is 0.481 e. The number of fused-ring (bicyclic) bond motifs is 1. The average Bonchev–Trinajstić information content (AvgIpc) is 3.04. The van der Waals surface area contributed by atoms with E-state index < -0.39 is 12.0 Å². The van der Waals surface area contributed by atoms with Crippen LogP contribution in [0.1, 0.15) is 23.1 Å². The molecule has 0 saturated carbocycles. The van der Waals surface area contributed by atoms with E-state index in [0.29, 0.717) is 6.54 Å². The zero-order valence-corrected chi connectivity index (χ0v) is 14.0. The number of nitrogens with two attached hydrogens (primary N) is 1. The van der Waals surface area contributed by atoms with Crippen LogP contribution in [0.15, 0.2) is 48.5 Å². The van der Waals surface area contributed by atoms with Gasteiger partial charge >= 0.3 is 5.97 Å². The number of hydrogen-bond donors (Lipinski definition) is 2. The second-order valence-electron chi connectivity index (χ2n) is 6.34. The van der Waals surface area contributed by atoms with Gasteiger partial charge < -0.3 is 15.7 Å². The van der Waals surface area contributed by atoms with Crippen molar-refractivity contribution in [2.75, 3.05) is 11.4 Å². The fourth-order valence-corrected chi connectivity index (χ4v) is 3.37. The van der Waals surface area contributed by atoms with Crippen LogP contribution in [0.4, 0.5) is 5.69 Å². The highest BCUT2D eigenvalue weighted by molar-refractivity contribution is 6.00. The van der Waals surface area contributed by atoms with Crippen LogP contribution in [0, 0.1) is 0 Å². The Labute approximate surface area is 147 Å². The number of hydrogen-bond acceptors (Lipinski definition) is 3. The fourth-order valence-electron chi connectivity index (χ4n) is 3.37. The molecule has 2 aromatic carbocycles. The summed E-state index contributed by atoms with van der Waals surface area (Å²) >= 11 is 0. The molecule has 0 aromatic heterocycles. The molecule has 0 fully saturated rings. The van der Waals surface area contributed by atoms with Crippen molar-refractivity contribution in [2.24, 2.45) is 5.73 Å². The third-order valence-corrected chi connectivity index (χ3v) is 4.63. The lowest BCUT2D eigenvalue weighted by atomic mass is 9.98. The van der Waals surface area contributed by atoms with E-state index in [1.54, 1.807) is 4.90 Å². The summed E-state index contributed by atoms with van der Waals surface area (Å²) in [6.07, 6.45) is 2.30. The van der Waals surface area contributed by atoms with Gasteiger partial charge in [-0.2, -0.15) is 0 Å². The predicted octanol–water partition coefficient (Wildman–Crippen LogP) is 2.16. The molecule has 130 valence electrons. The standard InChI is InChI=1S/C20H22N2O3/c21-17(13-19(23)24)20(25)22-12-11-16-15(7-4-8-18(16)22)10-9-14-5-2-1-3-6-14/h1-8,17H,9-13,21H2,(H,23,24)/t17-/m1/s1. The molecule has 1 atom stereocenters. The summed E-state index contributed by atoms with van der Waals surface area (Å²) in [7, 11) is 0. The first-order valence-electron chi connectivity index (χ1n) is 8.49. The molecule has 5 heteroatoms. The summed E-state index contributed by atoms with van der Waals surface area (Å²) in [6, 6.07) is 15.3. The summed E-state index contributed by atoms with van der Waals surface area (Å²) in [5.74, 6) is -1.38. The molecule has 0 saturated heterocycles. The SMILES string of the molecule is N[C@H](CC(=O)O)C(=O)N1CCc2c(CCc3ccccc3)cccc21. The summed E-state index contributed by atoms with van der Waals surface area (Å²) in [4.78, 5) is 24.9. The summed E-state index contributed by atoms with van der Waals surface area (Å²) in [5.41, 5.74) is 10.3.